The normalized spacial score (nSPS) is 33.7. The fourth-order valence-corrected chi connectivity index (χ4v) is 2.93. The molecular formula is C15H32N2. The summed E-state index contributed by atoms with van der Waals surface area (Å²) in [6.45, 7) is 15.0. The predicted molar refractivity (Wildman–Crippen MR) is 76.4 cm³/mol. The highest BCUT2D eigenvalue weighted by Crippen LogP contribution is 2.32. The van der Waals surface area contributed by atoms with Crippen molar-refractivity contribution in [1.29, 1.82) is 0 Å². The van der Waals surface area contributed by atoms with Gasteiger partial charge in [-0.15, -0.1) is 0 Å². The Balaban J connectivity index is 0.000000686. The van der Waals surface area contributed by atoms with Crippen LogP contribution in [0.3, 0.4) is 0 Å². The van der Waals surface area contributed by atoms with Crippen molar-refractivity contribution in [2.45, 2.75) is 72.4 Å². The highest BCUT2D eigenvalue weighted by molar-refractivity contribution is 4.87. The van der Waals surface area contributed by atoms with Gasteiger partial charge in [0.1, 0.15) is 0 Å². The van der Waals surface area contributed by atoms with E-state index < -0.39 is 0 Å². The van der Waals surface area contributed by atoms with Gasteiger partial charge in [0, 0.05) is 12.1 Å². The Kier molecular flexibility index (Phi) is 5.94. The topological polar surface area (TPSA) is 15.3 Å². The second-order valence-corrected chi connectivity index (χ2v) is 6.23. The van der Waals surface area contributed by atoms with Crippen molar-refractivity contribution < 1.29 is 0 Å². The lowest BCUT2D eigenvalue weighted by Crippen LogP contribution is -2.50. The van der Waals surface area contributed by atoms with Gasteiger partial charge in [0.05, 0.1) is 0 Å². The molecule has 2 aliphatic rings. The molecule has 0 radical (unpaired) electrons. The van der Waals surface area contributed by atoms with Crippen LogP contribution >= 0.6 is 0 Å². The van der Waals surface area contributed by atoms with Crippen molar-refractivity contribution in [2.75, 3.05) is 19.6 Å². The Bertz CT molecular complexity index is 203. The molecule has 0 spiro atoms. The van der Waals surface area contributed by atoms with Crippen molar-refractivity contribution in [1.82, 2.24) is 10.2 Å². The minimum atomic E-state index is 0.592. The Morgan fingerprint density at radius 1 is 1.12 bits per heavy atom. The fraction of sp³-hybridized carbons (Fsp3) is 1.00. The smallest absolute Gasteiger partial charge is 0.0122 e. The minimum Gasteiger partial charge on any atom is -0.314 e. The average molecular weight is 240 g/mol. The van der Waals surface area contributed by atoms with E-state index in [-0.39, 0.29) is 0 Å². The second kappa shape index (κ2) is 6.75. The lowest BCUT2D eigenvalue weighted by molar-refractivity contribution is 0.0726. The number of likely N-dealkylation sites (tertiary alicyclic amines) is 1. The highest BCUT2D eigenvalue weighted by atomic mass is 15.2. The molecule has 2 unspecified atom stereocenters. The van der Waals surface area contributed by atoms with Crippen LogP contribution in [0.2, 0.25) is 0 Å². The molecule has 17 heavy (non-hydrogen) atoms. The van der Waals surface area contributed by atoms with E-state index in [4.69, 9.17) is 0 Å². The standard InChI is InChI=1S/C13H26N2.C2H6/c1-11-10-12(4-7-14-11)15-8-5-13(2,3)6-9-15;1-2/h11-12,14H,4-10H2,1-3H3;1-2H3. The maximum absolute atomic E-state index is 3.54. The van der Waals surface area contributed by atoms with Gasteiger partial charge in [-0.25, -0.2) is 0 Å². The largest absolute Gasteiger partial charge is 0.314 e. The maximum Gasteiger partial charge on any atom is 0.0122 e. The third-order valence-corrected chi connectivity index (χ3v) is 4.26. The van der Waals surface area contributed by atoms with Gasteiger partial charge in [-0.1, -0.05) is 27.7 Å². The van der Waals surface area contributed by atoms with Crippen LogP contribution in [0.4, 0.5) is 0 Å². The number of hydrogen-bond donors (Lipinski definition) is 1. The first-order chi connectivity index (χ1) is 8.07. The van der Waals surface area contributed by atoms with E-state index in [0.717, 1.165) is 12.1 Å². The van der Waals surface area contributed by atoms with Gasteiger partial charge in [0.15, 0.2) is 0 Å². The number of nitrogens with one attached hydrogen (secondary N) is 1. The van der Waals surface area contributed by atoms with Gasteiger partial charge in [-0.2, -0.15) is 0 Å². The van der Waals surface area contributed by atoms with Crippen molar-refractivity contribution in [2.24, 2.45) is 5.41 Å². The number of hydrogen-bond acceptors (Lipinski definition) is 2. The van der Waals surface area contributed by atoms with Crippen LogP contribution in [-0.4, -0.2) is 36.6 Å². The number of piperidine rings is 2. The first kappa shape index (κ1) is 15.0. The summed E-state index contributed by atoms with van der Waals surface area (Å²) >= 11 is 0. The van der Waals surface area contributed by atoms with Crippen molar-refractivity contribution >= 4 is 0 Å². The zero-order valence-corrected chi connectivity index (χ0v) is 12.6. The zero-order valence-electron chi connectivity index (χ0n) is 12.6. The van der Waals surface area contributed by atoms with Crippen molar-refractivity contribution in [3.8, 4) is 0 Å². The van der Waals surface area contributed by atoms with E-state index in [0.29, 0.717) is 5.41 Å². The SMILES string of the molecule is CC.CC1CC(N2CCC(C)(C)CC2)CCN1. The Morgan fingerprint density at radius 2 is 1.71 bits per heavy atom. The van der Waals surface area contributed by atoms with Gasteiger partial charge in [-0.3, -0.25) is 0 Å². The molecule has 2 saturated heterocycles. The lowest BCUT2D eigenvalue weighted by atomic mass is 9.81. The van der Waals surface area contributed by atoms with Crippen molar-refractivity contribution in [3.63, 3.8) is 0 Å². The summed E-state index contributed by atoms with van der Waals surface area (Å²) in [5.41, 5.74) is 0.592. The van der Waals surface area contributed by atoms with Gasteiger partial charge >= 0.3 is 0 Å². The van der Waals surface area contributed by atoms with Gasteiger partial charge in [0.25, 0.3) is 0 Å². The predicted octanol–water partition coefficient (Wildman–Crippen LogP) is 3.28. The molecule has 0 aromatic carbocycles. The first-order valence-corrected chi connectivity index (χ1v) is 7.54. The molecule has 0 amide bonds. The summed E-state index contributed by atoms with van der Waals surface area (Å²) in [5, 5.41) is 3.54. The van der Waals surface area contributed by atoms with Crippen LogP contribution in [0.5, 0.6) is 0 Å². The Morgan fingerprint density at radius 3 is 2.24 bits per heavy atom. The van der Waals surface area contributed by atoms with Crippen molar-refractivity contribution in [3.05, 3.63) is 0 Å². The van der Waals surface area contributed by atoms with Crippen LogP contribution < -0.4 is 5.32 Å². The second-order valence-electron chi connectivity index (χ2n) is 6.23. The molecule has 2 aliphatic heterocycles. The summed E-state index contributed by atoms with van der Waals surface area (Å²) in [6.07, 6.45) is 5.46. The molecule has 2 nitrogen and oxygen atoms in total. The van der Waals surface area contributed by atoms with Gasteiger partial charge < -0.3 is 10.2 Å². The Hall–Kier alpha value is -0.0800. The van der Waals surface area contributed by atoms with E-state index in [1.165, 1.54) is 45.3 Å². The van der Waals surface area contributed by atoms with E-state index in [1.54, 1.807) is 0 Å². The monoisotopic (exact) mass is 240 g/mol. The zero-order chi connectivity index (χ0) is 12.9. The number of rotatable bonds is 1. The van der Waals surface area contributed by atoms with Crippen LogP contribution in [0.1, 0.15) is 60.3 Å². The molecule has 0 saturated carbocycles. The maximum atomic E-state index is 3.54. The molecule has 0 aromatic heterocycles. The molecule has 2 fully saturated rings. The molecule has 0 bridgehead atoms. The van der Waals surface area contributed by atoms with E-state index in [1.807, 2.05) is 13.8 Å². The quantitative estimate of drug-likeness (QED) is 0.757. The molecule has 2 rings (SSSR count). The minimum absolute atomic E-state index is 0.592. The first-order valence-electron chi connectivity index (χ1n) is 7.54. The van der Waals surface area contributed by atoms with Crippen LogP contribution in [0.25, 0.3) is 0 Å². The molecule has 0 aromatic rings. The highest BCUT2D eigenvalue weighted by Gasteiger charge is 2.30. The van der Waals surface area contributed by atoms with Crippen LogP contribution in [0.15, 0.2) is 0 Å². The third kappa shape index (κ3) is 4.59. The van der Waals surface area contributed by atoms with Gasteiger partial charge in [-0.05, 0) is 57.7 Å². The van der Waals surface area contributed by atoms with Crippen LogP contribution in [-0.2, 0) is 0 Å². The Labute approximate surface area is 108 Å². The lowest BCUT2D eigenvalue weighted by Gasteiger charge is -2.43. The van der Waals surface area contributed by atoms with E-state index in [2.05, 4.69) is 31.0 Å². The van der Waals surface area contributed by atoms with E-state index in [9.17, 15) is 0 Å². The molecular weight excluding hydrogens is 208 g/mol. The summed E-state index contributed by atoms with van der Waals surface area (Å²) in [6, 6.07) is 1.58. The molecule has 1 N–H and O–H groups in total. The average Bonchev–Trinajstić information content (AvgIpc) is 2.31. The van der Waals surface area contributed by atoms with E-state index >= 15 is 0 Å². The summed E-state index contributed by atoms with van der Waals surface area (Å²) in [4.78, 5) is 2.74. The summed E-state index contributed by atoms with van der Waals surface area (Å²) in [7, 11) is 0. The summed E-state index contributed by atoms with van der Waals surface area (Å²) in [5.74, 6) is 0. The third-order valence-electron chi connectivity index (χ3n) is 4.26. The molecule has 2 heteroatoms. The molecule has 2 atom stereocenters. The molecule has 0 aliphatic carbocycles. The number of nitrogens with zero attached hydrogens (tertiary/aromatic N) is 1. The molecule has 2 heterocycles. The summed E-state index contributed by atoms with van der Waals surface area (Å²) < 4.78 is 0. The van der Waals surface area contributed by atoms with Gasteiger partial charge in [0.2, 0.25) is 0 Å². The molecule has 102 valence electrons. The van der Waals surface area contributed by atoms with Crippen LogP contribution in [0, 0.1) is 5.41 Å². The fourth-order valence-electron chi connectivity index (χ4n) is 2.93.